The van der Waals surface area contributed by atoms with Crippen LogP contribution in [0.5, 0.6) is 0 Å². The predicted molar refractivity (Wildman–Crippen MR) is 81.5 cm³/mol. The molecule has 0 aliphatic heterocycles. The van der Waals surface area contributed by atoms with Gasteiger partial charge in [-0.2, -0.15) is 0 Å². The molecule has 1 aliphatic carbocycles. The first-order valence-electron chi connectivity index (χ1n) is 7.64. The maximum absolute atomic E-state index is 3.51. The van der Waals surface area contributed by atoms with Crippen LogP contribution in [-0.2, 0) is 12.8 Å². The molecule has 102 valence electrons. The van der Waals surface area contributed by atoms with Gasteiger partial charge >= 0.3 is 0 Å². The molecule has 2 heteroatoms. The highest BCUT2D eigenvalue weighted by Crippen LogP contribution is 2.35. The molecule has 1 N–H and O–H groups in total. The lowest BCUT2D eigenvalue weighted by atomic mass is 10.0. The van der Waals surface area contributed by atoms with Crippen LogP contribution in [0.1, 0.15) is 73.2 Å². The van der Waals surface area contributed by atoms with Crippen molar-refractivity contribution in [2.75, 3.05) is 7.05 Å². The van der Waals surface area contributed by atoms with E-state index in [2.05, 4.69) is 36.7 Å². The van der Waals surface area contributed by atoms with E-state index < -0.39 is 0 Å². The smallest absolute Gasteiger partial charge is 0.0412 e. The fourth-order valence-electron chi connectivity index (χ4n) is 2.90. The first-order chi connectivity index (χ1) is 8.85. The van der Waals surface area contributed by atoms with Crippen LogP contribution < -0.4 is 5.32 Å². The summed E-state index contributed by atoms with van der Waals surface area (Å²) >= 11 is 2.06. The molecule has 0 aromatic carbocycles. The molecule has 0 fully saturated rings. The third-order valence-corrected chi connectivity index (χ3v) is 5.40. The van der Waals surface area contributed by atoms with Gasteiger partial charge in [0.2, 0.25) is 0 Å². The van der Waals surface area contributed by atoms with Gasteiger partial charge in [0.1, 0.15) is 0 Å². The Morgan fingerprint density at radius 1 is 1.22 bits per heavy atom. The second-order valence-electron chi connectivity index (χ2n) is 5.49. The summed E-state index contributed by atoms with van der Waals surface area (Å²) in [6.45, 7) is 2.28. The Kier molecular flexibility index (Phi) is 5.71. The van der Waals surface area contributed by atoms with Crippen LogP contribution in [0.3, 0.4) is 0 Å². The normalized spacial score (nSPS) is 15.9. The minimum Gasteiger partial charge on any atom is -0.312 e. The van der Waals surface area contributed by atoms with Gasteiger partial charge in [-0.3, -0.25) is 0 Å². The summed E-state index contributed by atoms with van der Waals surface area (Å²) in [5.74, 6) is 0. The van der Waals surface area contributed by atoms with E-state index in [0.717, 1.165) is 0 Å². The summed E-state index contributed by atoms with van der Waals surface area (Å²) in [5.41, 5.74) is 1.64. The van der Waals surface area contributed by atoms with E-state index >= 15 is 0 Å². The lowest BCUT2D eigenvalue weighted by Crippen LogP contribution is -2.15. The van der Waals surface area contributed by atoms with Gasteiger partial charge in [0.25, 0.3) is 0 Å². The van der Waals surface area contributed by atoms with Crippen molar-refractivity contribution in [2.45, 2.75) is 70.8 Å². The lowest BCUT2D eigenvalue weighted by molar-refractivity contribution is 0.506. The molecule has 1 atom stereocenters. The number of rotatable bonds is 8. The molecule has 0 spiro atoms. The van der Waals surface area contributed by atoms with E-state index in [-0.39, 0.29) is 0 Å². The van der Waals surface area contributed by atoms with Gasteiger partial charge in [-0.15, -0.1) is 11.3 Å². The van der Waals surface area contributed by atoms with Crippen LogP contribution in [0.25, 0.3) is 0 Å². The van der Waals surface area contributed by atoms with Crippen molar-refractivity contribution < 1.29 is 0 Å². The Morgan fingerprint density at radius 2 is 2.06 bits per heavy atom. The number of thiophene rings is 1. The largest absolute Gasteiger partial charge is 0.312 e. The molecule has 1 nitrogen and oxygen atoms in total. The molecule has 0 bridgehead atoms. The Morgan fingerprint density at radius 3 is 2.78 bits per heavy atom. The summed E-state index contributed by atoms with van der Waals surface area (Å²) in [5, 5.41) is 3.51. The molecule has 0 saturated heterocycles. The first kappa shape index (κ1) is 14.1. The third-order valence-electron chi connectivity index (χ3n) is 4.05. The number of nitrogens with one attached hydrogen (secondary N) is 1. The Balaban J connectivity index is 1.80. The summed E-state index contributed by atoms with van der Waals surface area (Å²) < 4.78 is 0. The number of hydrogen-bond donors (Lipinski definition) is 1. The molecule has 1 heterocycles. The molecule has 1 unspecified atom stereocenters. The quantitative estimate of drug-likeness (QED) is 0.662. The van der Waals surface area contributed by atoms with E-state index in [0.29, 0.717) is 6.04 Å². The van der Waals surface area contributed by atoms with Gasteiger partial charge < -0.3 is 5.32 Å². The Bertz CT molecular complexity index is 334. The van der Waals surface area contributed by atoms with Crippen molar-refractivity contribution in [1.82, 2.24) is 5.32 Å². The Labute approximate surface area is 116 Å². The fourth-order valence-corrected chi connectivity index (χ4v) is 4.31. The van der Waals surface area contributed by atoms with Crippen LogP contribution in [0.15, 0.2) is 6.07 Å². The lowest BCUT2D eigenvalue weighted by Gasteiger charge is -2.14. The highest BCUT2D eigenvalue weighted by molar-refractivity contribution is 7.12. The molecular weight excluding hydrogens is 238 g/mol. The average Bonchev–Trinajstić information content (AvgIpc) is 2.94. The predicted octanol–water partition coefficient (Wildman–Crippen LogP) is 4.86. The van der Waals surface area contributed by atoms with Crippen LogP contribution in [-0.4, -0.2) is 7.05 Å². The van der Waals surface area contributed by atoms with Crippen LogP contribution in [0.2, 0.25) is 0 Å². The molecule has 2 rings (SSSR count). The van der Waals surface area contributed by atoms with Gasteiger partial charge in [-0.25, -0.2) is 0 Å². The molecule has 0 saturated carbocycles. The highest BCUT2D eigenvalue weighted by atomic mass is 32.1. The minimum atomic E-state index is 0.599. The fraction of sp³-hybridized carbons (Fsp3) is 0.750. The topological polar surface area (TPSA) is 12.0 Å². The van der Waals surface area contributed by atoms with Crippen LogP contribution >= 0.6 is 11.3 Å². The molecule has 18 heavy (non-hydrogen) atoms. The summed E-state index contributed by atoms with van der Waals surface area (Å²) in [7, 11) is 2.11. The maximum Gasteiger partial charge on any atom is 0.0412 e. The van der Waals surface area contributed by atoms with E-state index in [4.69, 9.17) is 0 Å². The van der Waals surface area contributed by atoms with E-state index in [1.807, 2.05) is 0 Å². The van der Waals surface area contributed by atoms with Crippen molar-refractivity contribution in [3.63, 3.8) is 0 Å². The van der Waals surface area contributed by atoms with Crippen LogP contribution in [0, 0.1) is 0 Å². The Hall–Kier alpha value is -0.340. The van der Waals surface area contributed by atoms with Crippen molar-refractivity contribution in [1.29, 1.82) is 0 Å². The van der Waals surface area contributed by atoms with Crippen molar-refractivity contribution >= 4 is 11.3 Å². The standard InChI is InChI=1S/C16H27NS/c1-3-4-5-6-7-10-14(17-2)16-12-13-9-8-11-15(13)18-16/h12,14,17H,3-11H2,1-2H3. The van der Waals surface area contributed by atoms with E-state index in [9.17, 15) is 0 Å². The molecule has 1 aromatic rings. The zero-order chi connectivity index (χ0) is 12.8. The monoisotopic (exact) mass is 265 g/mol. The summed E-state index contributed by atoms with van der Waals surface area (Å²) in [6.07, 6.45) is 12.2. The first-order valence-corrected chi connectivity index (χ1v) is 8.45. The second-order valence-corrected chi connectivity index (χ2v) is 6.66. The van der Waals surface area contributed by atoms with E-state index in [1.54, 1.807) is 15.3 Å². The minimum absolute atomic E-state index is 0.599. The number of fused-ring (bicyclic) bond motifs is 1. The number of hydrogen-bond acceptors (Lipinski definition) is 2. The molecule has 0 amide bonds. The van der Waals surface area contributed by atoms with Gasteiger partial charge in [0.05, 0.1) is 0 Å². The molecule has 0 radical (unpaired) electrons. The van der Waals surface area contributed by atoms with Gasteiger partial charge in [-0.05, 0) is 44.4 Å². The summed E-state index contributed by atoms with van der Waals surface area (Å²) in [4.78, 5) is 3.24. The number of unbranched alkanes of at least 4 members (excludes halogenated alkanes) is 4. The maximum atomic E-state index is 3.51. The van der Waals surface area contributed by atoms with Crippen molar-refractivity contribution in [3.8, 4) is 0 Å². The van der Waals surface area contributed by atoms with Crippen molar-refractivity contribution in [2.24, 2.45) is 0 Å². The SMILES string of the molecule is CCCCCCCC(NC)c1cc2c(s1)CCC2. The highest BCUT2D eigenvalue weighted by Gasteiger charge is 2.18. The van der Waals surface area contributed by atoms with E-state index in [1.165, 1.54) is 57.8 Å². The molecule has 1 aromatic heterocycles. The number of aryl methyl sites for hydroxylation is 2. The zero-order valence-corrected chi connectivity index (χ0v) is 12.7. The zero-order valence-electron chi connectivity index (χ0n) is 11.9. The average molecular weight is 265 g/mol. The van der Waals surface area contributed by atoms with Crippen molar-refractivity contribution in [3.05, 3.63) is 21.4 Å². The summed E-state index contributed by atoms with van der Waals surface area (Å²) in [6, 6.07) is 3.07. The third kappa shape index (κ3) is 3.58. The molecule has 1 aliphatic rings. The van der Waals surface area contributed by atoms with Crippen LogP contribution in [0.4, 0.5) is 0 Å². The van der Waals surface area contributed by atoms with Gasteiger partial charge in [0.15, 0.2) is 0 Å². The molecular formula is C16H27NS. The van der Waals surface area contributed by atoms with Gasteiger partial charge in [0, 0.05) is 15.8 Å². The second kappa shape index (κ2) is 7.30. The van der Waals surface area contributed by atoms with Gasteiger partial charge in [-0.1, -0.05) is 39.0 Å².